The maximum absolute atomic E-state index is 13.1. The third-order valence-electron chi connectivity index (χ3n) is 5.50. The second-order valence-corrected chi connectivity index (χ2v) is 9.58. The van der Waals surface area contributed by atoms with Gasteiger partial charge in [-0.15, -0.1) is 0 Å². The Bertz CT molecular complexity index is 1060. The number of amides is 1. The molecule has 1 aromatic carbocycles. The zero-order chi connectivity index (χ0) is 21.2. The quantitative estimate of drug-likeness (QED) is 0.769. The van der Waals surface area contributed by atoms with E-state index >= 15 is 0 Å². The fourth-order valence-corrected chi connectivity index (χ4v) is 5.36. The highest BCUT2D eigenvalue weighted by Crippen LogP contribution is 2.26. The van der Waals surface area contributed by atoms with Gasteiger partial charge in [-0.1, -0.05) is 13.3 Å². The van der Waals surface area contributed by atoms with Crippen LogP contribution in [0, 0.1) is 0 Å². The number of piperidine rings is 1. The van der Waals surface area contributed by atoms with Crippen molar-refractivity contribution in [3.05, 3.63) is 34.9 Å². The molecular weight excluding hydrogens is 392 g/mol. The van der Waals surface area contributed by atoms with Crippen LogP contribution < -0.4 is 11.0 Å². The number of nitrogens with one attached hydrogen (secondary N) is 1. The highest BCUT2D eigenvalue weighted by molar-refractivity contribution is 7.89. The molecular formula is C20H28N4O4S. The van der Waals surface area contributed by atoms with Gasteiger partial charge in [0.15, 0.2) is 0 Å². The molecule has 2 unspecified atom stereocenters. The fraction of sp³-hybridized carbons (Fsp3) is 0.550. The molecule has 2 aromatic rings. The summed E-state index contributed by atoms with van der Waals surface area (Å²) in [6, 6.07) is 4.57. The maximum Gasteiger partial charge on any atom is 0.348 e. The number of sulfonamides is 1. The summed E-state index contributed by atoms with van der Waals surface area (Å²) in [6.45, 7) is 6.12. The number of nitrogens with zero attached hydrogens (tertiary/aromatic N) is 3. The molecule has 29 heavy (non-hydrogen) atoms. The topological polar surface area (TPSA) is 101 Å². The van der Waals surface area contributed by atoms with Crippen LogP contribution >= 0.6 is 0 Å². The standard InChI is InChI=1S/C20H28N4O4S/c1-4-14(2)22-19(25)13-23-18-9-8-17(11-16(18)12-21-20(23)26)29(27,28)24-10-6-5-7-15(24)3/h8-9,11-12,14-15H,4-7,10,13H2,1-3H3,(H,22,25). The third kappa shape index (κ3) is 4.51. The van der Waals surface area contributed by atoms with Crippen molar-refractivity contribution in [2.45, 2.75) is 70.0 Å². The van der Waals surface area contributed by atoms with E-state index in [9.17, 15) is 18.0 Å². The van der Waals surface area contributed by atoms with Gasteiger partial charge in [0.25, 0.3) is 0 Å². The number of hydrogen-bond donors (Lipinski definition) is 1. The summed E-state index contributed by atoms with van der Waals surface area (Å²) in [5.74, 6) is -0.283. The second-order valence-electron chi connectivity index (χ2n) is 7.68. The van der Waals surface area contributed by atoms with Crippen molar-refractivity contribution in [1.82, 2.24) is 19.2 Å². The van der Waals surface area contributed by atoms with Gasteiger partial charge in [0.1, 0.15) is 6.54 Å². The lowest BCUT2D eigenvalue weighted by atomic mass is 10.1. The number of benzene rings is 1. The number of carbonyl (C=O) groups excluding carboxylic acids is 1. The molecule has 2 atom stereocenters. The number of hydrogen-bond acceptors (Lipinski definition) is 5. The van der Waals surface area contributed by atoms with E-state index in [1.807, 2.05) is 20.8 Å². The van der Waals surface area contributed by atoms with E-state index < -0.39 is 15.7 Å². The Morgan fingerprint density at radius 3 is 2.79 bits per heavy atom. The Morgan fingerprint density at radius 2 is 2.10 bits per heavy atom. The summed E-state index contributed by atoms with van der Waals surface area (Å²) in [5, 5.41) is 3.33. The lowest BCUT2D eigenvalue weighted by Crippen LogP contribution is -2.41. The first-order valence-corrected chi connectivity index (χ1v) is 11.5. The minimum Gasteiger partial charge on any atom is -0.352 e. The summed E-state index contributed by atoms with van der Waals surface area (Å²) in [4.78, 5) is 28.5. The summed E-state index contributed by atoms with van der Waals surface area (Å²) in [7, 11) is -3.63. The van der Waals surface area contributed by atoms with E-state index in [0.29, 0.717) is 17.4 Å². The average Bonchev–Trinajstić information content (AvgIpc) is 2.69. The average molecular weight is 421 g/mol. The van der Waals surface area contributed by atoms with Gasteiger partial charge in [-0.2, -0.15) is 4.31 Å². The largest absolute Gasteiger partial charge is 0.352 e. The molecule has 2 heterocycles. The van der Waals surface area contributed by atoms with Gasteiger partial charge in [0.2, 0.25) is 15.9 Å². The monoisotopic (exact) mass is 420 g/mol. The van der Waals surface area contributed by atoms with E-state index in [1.54, 1.807) is 10.4 Å². The first-order valence-electron chi connectivity index (χ1n) is 10.0. The van der Waals surface area contributed by atoms with Crippen LogP contribution in [-0.4, -0.2) is 46.8 Å². The normalized spacial score (nSPS) is 19.2. The molecule has 1 amide bonds. The summed E-state index contributed by atoms with van der Waals surface area (Å²) < 4.78 is 29.0. The minimum absolute atomic E-state index is 0.00409. The van der Waals surface area contributed by atoms with Crippen LogP contribution in [0.5, 0.6) is 0 Å². The molecule has 1 aromatic heterocycles. The zero-order valence-electron chi connectivity index (χ0n) is 17.1. The summed E-state index contributed by atoms with van der Waals surface area (Å²) in [5.41, 5.74) is -0.0630. The van der Waals surface area contributed by atoms with Crippen LogP contribution in [0.1, 0.15) is 46.5 Å². The van der Waals surface area contributed by atoms with Crippen molar-refractivity contribution in [2.24, 2.45) is 0 Å². The van der Waals surface area contributed by atoms with Crippen LogP contribution in [0.15, 0.2) is 34.1 Å². The number of aromatic nitrogens is 2. The van der Waals surface area contributed by atoms with Gasteiger partial charge < -0.3 is 5.32 Å². The van der Waals surface area contributed by atoms with E-state index in [2.05, 4.69) is 10.3 Å². The molecule has 0 radical (unpaired) electrons. The van der Waals surface area contributed by atoms with Crippen LogP contribution in [0.4, 0.5) is 0 Å². The van der Waals surface area contributed by atoms with Crippen LogP contribution in [-0.2, 0) is 21.4 Å². The highest BCUT2D eigenvalue weighted by Gasteiger charge is 2.31. The number of fused-ring (bicyclic) bond motifs is 1. The predicted octanol–water partition coefficient (Wildman–Crippen LogP) is 1.87. The molecule has 158 valence electrons. The van der Waals surface area contributed by atoms with Gasteiger partial charge in [-0.05, 0) is 51.3 Å². The molecule has 9 heteroatoms. The van der Waals surface area contributed by atoms with Crippen LogP contribution in [0.2, 0.25) is 0 Å². The summed E-state index contributed by atoms with van der Waals surface area (Å²) >= 11 is 0. The Balaban J connectivity index is 1.96. The summed E-state index contributed by atoms with van der Waals surface area (Å²) in [6.07, 6.45) is 4.87. The minimum atomic E-state index is -3.63. The van der Waals surface area contributed by atoms with E-state index in [4.69, 9.17) is 0 Å². The first kappa shape index (κ1) is 21.4. The van der Waals surface area contributed by atoms with Gasteiger partial charge in [0.05, 0.1) is 10.4 Å². The lowest BCUT2D eigenvalue weighted by molar-refractivity contribution is -0.122. The van der Waals surface area contributed by atoms with Crippen molar-refractivity contribution in [3.63, 3.8) is 0 Å². The van der Waals surface area contributed by atoms with Gasteiger partial charge in [0, 0.05) is 30.2 Å². The van der Waals surface area contributed by atoms with Crippen molar-refractivity contribution < 1.29 is 13.2 Å². The Morgan fingerprint density at radius 1 is 1.34 bits per heavy atom. The molecule has 1 saturated heterocycles. The van der Waals surface area contributed by atoms with Crippen LogP contribution in [0.25, 0.3) is 10.9 Å². The van der Waals surface area contributed by atoms with E-state index in [-0.39, 0.29) is 29.4 Å². The molecule has 0 saturated carbocycles. The van der Waals surface area contributed by atoms with Crippen LogP contribution in [0.3, 0.4) is 0 Å². The Hall–Kier alpha value is -2.26. The molecule has 0 aliphatic carbocycles. The van der Waals surface area contributed by atoms with E-state index in [1.165, 1.54) is 22.9 Å². The van der Waals surface area contributed by atoms with Crippen molar-refractivity contribution in [3.8, 4) is 0 Å². The van der Waals surface area contributed by atoms with Crippen molar-refractivity contribution >= 4 is 26.8 Å². The van der Waals surface area contributed by atoms with Crippen molar-refractivity contribution in [1.29, 1.82) is 0 Å². The molecule has 1 aliphatic rings. The maximum atomic E-state index is 13.1. The molecule has 0 bridgehead atoms. The first-order chi connectivity index (χ1) is 13.7. The molecule has 0 spiro atoms. The Kier molecular flexibility index (Phi) is 6.38. The zero-order valence-corrected chi connectivity index (χ0v) is 17.9. The SMILES string of the molecule is CCC(C)NC(=O)Cn1c(=O)ncc2cc(S(=O)(=O)N3CCCCC3C)ccc21. The molecule has 1 N–H and O–H groups in total. The van der Waals surface area contributed by atoms with Crippen molar-refractivity contribution in [2.75, 3.05) is 6.54 Å². The molecule has 1 aliphatic heterocycles. The van der Waals surface area contributed by atoms with Gasteiger partial charge in [-0.3, -0.25) is 9.36 Å². The molecule has 3 rings (SSSR count). The molecule has 8 nitrogen and oxygen atoms in total. The van der Waals surface area contributed by atoms with E-state index in [0.717, 1.165) is 25.7 Å². The third-order valence-corrected chi connectivity index (χ3v) is 7.51. The highest BCUT2D eigenvalue weighted by atomic mass is 32.2. The smallest absolute Gasteiger partial charge is 0.348 e. The van der Waals surface area contributed by atoms with Gasteiger partial charge in [-0.25, -0.2) is 18.2 Å². The number of rotatable bonds is 6. The van der Waals surface area contributed by atoms with Gasteiger partial charge >= 0.3 is 5.69 Å². The lowest BCUT2D eigenvalue weighted by Gasteiger charge is -2.32. The number of carbonyl (C=O) groups is 1. The second kappa shape index (κ2) is 8.62. The molecule has 1 fully saturated rings. The Labute approximate surface area is 171 Å². The fourth-order valence-electron chi connectivity index (χ4n) is 3.62. The predicted molar refractivity (Wildman–Crippen MR) is 111 cm³/mol.